The molecule has 1 aromatic rings. The summed E-state index contributed by atoms with van der Waals surface area (Å²) in [5.74, 6) is -0.0411. The van der Waals surface area contributed by atoms with Gasteiger partial charge < -0.3 is 5.73 Å². The molecule has 0 bridgehead atoms. The first-order valence-corrected chi connectivity index (χ1v) is 3.28. The molecule has 1 heterocycles. The number of hydrogen-bond acceptors (Lipinski definition) is 4. The van der Waals surface area contributed by atoms with Gasteiger partial charge in [-0.25, -0.2) is 10.5 Å². The van der Waals surface area contributed by atoms with Crippen molar-refractivity contribution in [3.05, 3.63) is 24.3 Å². The van der Waals surface area contributed by atoms with Gasteiger partial charge in [0.2, 0.25) is 5.96 Å². The van der Waals surface area contributed by atoms with Crippen LogP contribution in [0.25, 0.3) is 0 Å². The number of nitrogens with two attached hydrogens (primary N) is 1. The van der Waals surface area contributed by atoms with E-state index in [0.29, 0.717) is 12.2 Å². The van der Waals surface area contributed by atoms with Gasteiger partial charge in [-0.3, -0.25) is 15.2 Å². The van der Waals surface area contributed by atoms with Crippen molar-refractivity contribution in [2.24, 2.45) is 10.7 Å². The second-order valence-corrected chi connectivity index (χ2v) is 2.01. The van der Waals surface area contributed by atoms with E-state index < -0.39 is 0 Å². The third-order valence-corrected chi connectivity index (χ3v) is 1.14. The smallest absolute Gasteiger partial charge is 0.213 e. The second kappa shape index (κ2) is 4.24. The molecule has 0 amide bonds. The highest BCUT2D eigenvalue weighted by Gasteiger charge is 1.91. The lowest BCUT2D eigenvalue weighted by atomic mass is 10.4. The summed E-state index contributed by atoms with van der Waals surface area (Å²) in [5, 5.41) is 8.27. The molecule has 0 saturated carbocycles. The second-order valence-electron chi connectivity index (χ2n) is 2.01. The number of nitrogens with one attached hydrogen (secondary N) is 1. The predicted molar refractivity (Wildman–Crippen MR) is 42.3 cm³/mol. The van der Waals surface area contributed by atoms with E-state index in [-0.39, 0.29) is 5.96 Å². The van der Waals surface area contributed by atoms with Crippen LogP contribution in [-0.4, -0.2) is 21.1 Å². The highest BCUT2D eigenvalue weighted by molar-refractivity contribution is 5.76. The number of guanidine groups is 1. The minimum atomic E-state index is -0.0411. The van der Waals surface area contributed by atoms with Crippen LogP contribution in [0.5, 0.6) is 0 Å². The third-order valence-electron chi connectivity index (χ3n) is 1.14. The van der Waals surface area contributed by atoms with Crippen LogP contribution in [0.4, 0.5) is 0 Å². The molecule has 0 radical (unpaired) electrons. The fourth-order valence-electron chi connectivity index (χ4n) is 0.613. The monoisotopic (exact) mass is 167 g/mol. The molecule has 0 aromatic carbocycles. The van der Waals surface area contributed by atoms with Crippen molar-refractivity contribution >= 4 is 5.96 Å². The van der Waals surface area contributed by atoms with Crippen molar-refractivity contribution in [1.29, 1.82) is 0 Å². The summed E-state index contributed by atoms with van der Waals surface area (Å²) in [6.07, 6.45) is 4.71. The van der Waals surface area contributed by atoms with Crippen LogP contribution in [0.1, 0.15) is 5.69 Å². The molecule has 64 valence electrons. The molecular weight excluding hydrogens is 158 g/mol. The summed E-state index contributed by atoms with van der Waals surface area (Å²) in [5.41, 5.74) is 7.57. The van der Waals surface area contributed by atoms with Crippen molar-refractivity contribution in [1.82, 2.24) is 15.4 Å². The molecule has 4 N–H and O–H groups in total. The Balaban J connectivity index is 2.54. The summed E-state index contributed by atoms with van der Waals surface area (Å²) in [6.45, 7) is 0.299. The van der Waals surface area contributed by atoms with Crippen LogP contribution in [0.3, 0.4) is 0 Å². The third kappa shape index (κ3) is 2.51. The summed E-state index contributed by atoms with van der Waals surface area (Å²) in [7, 11) is 0. The van der Waals surface area contributed by atoms with Crippen molar-refractivity contribution in [2.45, 2.75) is 6.54 Å². The van der Waals surface area contributed by atoms with Crippen LogP contribution >= 0.6 is 0 Å². The predicted octanol–water partition coefficient (Wildman–Crippen LogP) is -0.730. The molecule has 1 rings (SSSR count). The Kier molecular flexibility index (Phi) is 2.97. The molecule has 1 aromatic heterocycles. The lowest BCUT2D eigenvalue weighted by Crippen LogP contribution is -2.28. The number of hydrogen-bond donors (Lipinski definition) is 3. The maximum absolute atomic E-state index is 8.27. The van der Waals surface area contributed by atoms with Crippen LogP contribution in [0.2, 0.25) is 0 Å². The fourth-order valence-corrected chi connectivity index (χ4v) is 0.613. The Morgan fingerprint density at radius 3 is 3.08 bits per heavy atom. The van der Waals surface area contributed by atoms with Gasteiger partial charge in [-0.2, -0.15) is 0 Å². The highest BCUT2D eigenvalue weighted by atomic mass is 16.5. The topological polar surface area (TPSA) is 96.4 Å². The molecule has 0 unspecified atom stereocenters. The molecule has 0 aliphatic carbocycles. The molecule has 6 heteroatoms. The standard InChI is InChI=1S/C6H9N5O/c7-6(11-12)10-4-5-3-8-1-2-9-5/h1-3,12H,4H2,(H3,7,10,11). The van der Waals surface area contributed by atoms with Gasteiger partial charge in [0.25, 0.3) is 0 Å². The summed E-state index contributed by atoms with van der Waals surface area (Å²) in [6, 6.07) is 0. The van der Waals surface area contributed by atoms with E-state index in [1.165, 1.54) is 0 Å². The van der Waals surface area contributed by atoms with Gasteiger partial charge >= 0.3 is 0 Å². The number of nitrogens with zero attached hydrogens (tertiary/aromatic N) is 3. The van der Waals surface area contributed by atoms with Crippen LogP contribution in [-0.2, 0) is 6.54 Å². The number of hydroxylamine groups is 1. The van der Waals surface area contributed by atoms with E-state index >= 15 is 0 Å². The van der Waals surface area contributed by atoms with Gasteiger partial charge in [0.05, 0.1) is 18.4 Å². The number of rotatable bonds is 2. The summed E-state index contributed by atoms with van der Waals surface area (Å²) >= 11 is 0. The van der Waals surface area contributed by atoms with Gasteiger partial charge in [0.1, 0.15) is 0 Å². The Morgan fingerprint density at radius 2 is 2.50 bits per heavy atom. The first-order chi connectivity index (χ1) is 5.83. The molecule has 0 spiro atoms. The van der Waals surface area contributed by atoms with Crippen LogP contribution in [0.15, 0.2) is 23.6 Å². The number of aromatic nitrogens is 2. The van der Waals surface area contributed by atoms with E-state index in [1.54, 1.807) is 24.1 Å². The average molecular weight is 167 g/mol. The zero-order valence-corrected chi connectivity index (χ0v) is 6.31. The molecular formula is C6H9N5O. The molecule has 0 aliphatic heterocycles. The summed E-state index contributed by atoms with van der Waals surface area (Å²) in [4.78, 5) is 11.5. The first kappa shape index (κ1) is 8.41. The minimum Gasteiger partial charge on any atom is -0.368 e. The van der Waals surface area contributed by atoms with Crippen molar-refractivity contribution in [3.63, 3.8) is 0 Å². The van der Waals surface area contributed by atoms with Gasteiger partial charge in [0, 0.05) is 12.4 Å². The molecule has 6 nitrogen and oxygen atoms in total. The van der Waals surface area contributed by atoms with E-state index in [4.69, 9.17) is 10.9 Å². The molecule has 0 atom stereocenters. The Bertz CT molecular complexity index is 260. The molecule has 0 fully saturated rings. The van der Waals surface area contributed by atoms with E-state index in [2.05, 4.69) is 15.0 Å². The van der Waals surface area contributed by atoms with E-state index in [0.717, 1.165) is 0 Å². The average Bonchev–Trinajstić information content (AvgIpc) is 2.16. The first-order valence-electron chi connectivity index (χ1n) is 3.28. The lowest BCUT2D eigenvalue weighted by molar-refractivity contribution is 0.232. The van der Waals surface area contributed by atoms with Crippen molar-refractivity contribution in [2.75, 3.05) is 0 Å². The maximum Gasteiger partial charge on any atom is 0.213 e. The summed E-state index contributed by atoms with van der Waals surface area (Å²) < 4.78 is 0. The molecule has 12 heavy (non-hydrogen) atoms. The van der Waals surface area contributed by atoms with Gasteiger partial charge in [0.15, 0.2) is 0 Å². The van der Waals surface area contributed by atoms with Crippen LogP contribution < -0.4 is 11.2 Å². The van der Waals surface area contributed by atoms with Gasteiger partial charge in [-0.05, 0) is 0 Å². The highest BCUT2D eigenvalue weighted by Crippen LogP contribution is 1.91. The fraction of sp³-hybridized carbons (Fsp3) is 0.167. The minimum absolute atomic E-state index is 0.0411. The molecule has 0 aliphatic rings. The zero-order valence-electron chi connectivity index (χ0n) is 6.31. The largest absolute Gasteiger partial charge is 0.368 e. The Hall–Kier alpha value is -1.69. The van der Waals surface area contributed by atoms with Gasteiger partial charge in [-0.15, -0.1) is 0 Å². The van der Waals surface area contributed by atoms with E-state index in [1.807, 2.05) is 0 Å². The Labute approximate surface area is 69.1 Å². The Morgan fingerprint density at radius 1 is 1.67 bits per heavy atom. The van der Waals surface area contributed by atoms with E-state index in [9.17, 15) is 0 Å². The maximum atomic E-state index is 8.27. The van der Waals surface area contributed by atoms with Crippen molar-refractivity contribution in [3.8, 4) is 0 Å². The number of aliphatic imine (C=N–C) groups is 1. The van der Waals surface area contributed by atoms with Gasteiger partial charge in [-0.1, -0.05) is 0 Å². The van der Waals surface area contributed by atoms with Crippen molar-refractivity contribution < 1.29 is 5.21 Å². The lowest BCUT2D eigenvalue weighted by Gasteiger charge is -1.96. The quantitative estimate of drug-likeness (QED) is 0.306. The molecule has 0 saturated heterocycles. The van der Waals surface area contributed by atoms with Crippen LogP contribution in [0, 0.1) is 0 Å². The normalized spacial score (nSPS) is 11.2. The zero-order chi connectivity index (χ0) is 8.81. The SMILES string of the molecule is NC(=NCc1cnccn1)NO.